The molecule has 0 spiro atoms. The molecule has 1 atom stereocenters. The zero-order chi connectivity index (χ0) is 28.6. The van der Waals surface area contributed by atoms with Gasteiger partial charge in [-0.15, -0.1) is 0 Å². The molecule has 0 amide bonds. The van der Waals surface area contributed by atoms with Crippen LogP contribution in [0.3, 0.4) is 0 Å². The first-order valence-electron chi connectivity index (χ1n) is 14.5. The normalized spacial score (nSPS) is 21.2. The lowest BCUT2D eigenvalue weighted by Crippen LogP contribution is -2.41. The highest BCUT2D eigenvalue weighted by Gasteiger charge is 2.32. The highest BCUT2D eigenvalue weighted by atomic mass is 35.5. The Bertz CT molecular complexity index is 1760. The predicted molar refractivity (Wildman–Crippen MR) is 160 cm³/mol. The number of fused-ring (bicyclic) bond motifs is 1. The van der Waals surface area contributed by atoms with Gasteiger partial charge in [0.1, 0.15) is 11.2 Å². The van der Waals surface area contributed by atoms with Crippen molar-refractivity contribution < 1.29 is 9.26 Å². The maximum absolute atomic E-state index is 11.8. The number of rotatable bonds is 6. The highest BCUT2D eigenvalue weighted by Crippen LogP contribution is 2.38. The number of H-pyrrole nitrogens is 1. The van der Waals surface area contributed by atoms with Gasteiger partial charge in [0.15, 0.2) is 5.65 Å². The first-order chi connectivity index (χ1) is 20.5. The van der Waals surface area contributed by atoms with Crippen LogP contribution in [0.1, 0.15) is 44.2 Å². The van der Waals surface area contributed by atoms with Crippen LogP contribution in [-0.4, -0.2) is 49.4 Å². The van der Waals surface area contributed by atoms with Gasteiger partial charge in [0, 0.05) is 23.7 Å². The number of anilines is 1. The molecule has 216 valence electrons. The van der Waals surface area contributed by atoms with E-state index in [0.717, 1.165) is 42.3 Å². The first kappa shape index (κ1) is 26.9. The van der Waals surface area contributed by atoms with Crippen molar-refractivity contribution >= 4 is 28.7 Å². The lowest BCUT2D eigenvalue weighted by molar-refractivity contribution is 0.0927. The Morgan fingerprint density at radius 1 is 1.02 bits per heavy atom. The molecule has 2 aromatic carbocycles. The van der Waals surface area contributed by atoms with E-state index in [-0.39, 0.29) is 17.7 Å². The van der Waals surface area contributed by atoms with Crippen LogP contribution in [0.2, 0.25) is 5.02 Å². The largest absolute Gasteiger partial charge is 0.439 e. The highest BCUT2D eigenvalue weighted by molar-refractivity contribution is 6.30. The number of hydrogen-bond donors (Lipinski definition) is 1. The molecule has 5 aromatic rings. The Hall–Kier alpha value is -4.02. The molecule has 10 nitrogen and oxygen atoms in total. The van der Waals surface area contributed by atoms with Crippen molar-refractivity contribution in [1.29, 1.82) is 0 Å². The van der Waals surface area contributed by atoms with Crippen LogP contribution in [0, 0.1) is 11.8 Å². The zero-order valence-corrected chi connectivity index (χ0v) is 24.1. The lowest BCUT2D eigenvalue weighted by atomic mass is 9.83. The Labute approximate surface area is 247 Å². The Kier molecular flexibility index (Phi) is 7.25. The standard InChI is InChI=1S/C31H32ClN7O3/c1-19-10-12-20(13-11-19)17-39-26-25(22-8-5-9-23(32)16-22)33-28(29-36-31(40)42-37-29)34-27(26)35-30(39)38-14-15-41-18-24(38)21-6-3-2-4-7-21/h2-9,16,19-20,24H,10-15,17-18H2,1H3,(H,36,37,40)/t19?,20?,24-/m0/s1. The first-order valence-corrected chi connectivity index (χ1v) is 14.9. The number of benzene rings is 2. The van der Waals surface area contributed by atoms with E-state index in [1.54, 1.807) is 0 Å². The van der Waals surface area contributed by atoms with Gasteiger partial charge in [-0.1, -0.05) is 79.0 Å². The quantitative estimate of drug-likeness (QED) is 0.262. The molecule has 1 aliphatic carbocycles. The number of hydrogen-bond acceptors (Lipinski definition) is 8. The van der Waals surface area contributed by atoms with E-state index < -0.39 is 5.76 Å². The topological polar surface area (TPSA) is 115 Å². The van der Waals surface area contributed by atoms with Crippen LogP contribution in [0.5, 0.6) is 0 Å². The van der Waals surface area contributed by atoms with Crippen molar-refractivity contribution in [3.8, 4) is 22.9 Å². The number of aromatic amines is 1. The number of nitrogens with zero attached hydrogens (tertiary/aromatic N) is 6. The van der Waals surface area contributed by atoms with E-state index >= 15 is 0 Å². The summed E-state index contributed by atoms with van der Waals surface area (Å²) in [7, 11) is 0. The van der Waals surface area contributed by atoms with Crippen molar-refractivity contribution in [2.45, 2.75) is 45.2 Å². The third-order valence-electron chi connectivity index (χ3n) is 8.48. The van der Waals surface area contributed by atoms with Gasteiger partial charge in [-0.25, -0.2) is 14.8 Å². The van der Waals surface area contributed by atoms with Crippen LogP contribution in [0.15, 0.2) is 63.9 Å². The van der Waals surface area contributed by atoms with E-state index in [2.05, 4.69) is 50.8 Å². The minimum Gasteiger partial charge on any atom is -0.377 e. The summed E-state index contributed by atoms with van der Waals surface area (Å²) in [5.41, 5.74) is 4.03. The maximum Gasteiger partial charge on any atom is 0.439 e. The lowest BCUT2D eigenvalue weighted by Gasteiger charge is -2.37. The number of aromatic nitrogens is 6. The molecular weight excluding hydrogens is 554 g/mol. The minimum atomic E-state index is -0.672. The molecular formula is C31H32ClN7O3. The van der Waals surface area contributed by atoms with Gasteiger partial charge in [-0.05, 0) is 42.4 Å². The Balaban J connectivity index is 1.45. The van der Waals surface area contributed by atoms with Crippen LogP contribution < -0.4 is 10.7 Å². The summed E-state index contributed by atoms with van der Waals surface area (Å²) in [4.78, 5) is 31.7. The maximum atomic E-state index is 11.8. The second-order valence-electron chi connectivity index (χ2n) is 11.4. The van der Waals surface area contributed by atoms with Crippen molar-refractivity contribution in [2.75, 3.05) is 24.7 Å². The monoisotopic (exact) mass is 585 g/mol. The predicted octanol–water partition coefficient (Wildman–Crippen LogP) is 5.89. The summed E-state index contributed by atoms with van der Waals surface area (Å²) < 4.78 is 13.1. The van der Waals surface area contributed by atoms with Crippen molar-refractivity contribution in [3.05, 3.63) is 75.7 Å². The molecule has 1 saturated carbocycles. The molecule has 1 N–H and O–H groups in total. The Morgan fingerprint density at radius 2 is 1.86 bits per heavy atom. The van der Waals surface area contributed by atoms with Crippen molar-refractivity contribution in [3.63, 3.8) is 0 Å². The molecule has 2 fully saturated rings. The average molecular weight is 586 g/mol. The molecule has 3 aromatic heterocycles. The number of morpholine rings is 1. The smallest absolute Gasteiger partial charge is 0.377 e. The van der Waals surface area contributed by atoms with Crippen LogP contribution in [0.25, 0.3) is 34.1 Å². The molecule has 11 heteroatoms. The van der Waals surface area contributed by atoms with Gasteiger partial charge in [0.25, 0.3) is 0 Å². The van der Waals surface area contributed by atoms with Crippen LogP contribution in [-0.2, 0) is 11.3 Å². The van der Waals surface area contributed by atoms with Crippen molar-refractivity contribution in [1.82, 2.24) is 29.7 Å². The molecule has 1 saturated heterocycles. The zero-order valence-electron chi connectivity index (χ0n) is 23.4. The van der Waals surface area contributed by atoms with E-state index in [4.69, 9.17) is 35.8 Å². The second kappa shape index (κ2) is 11.3. The molecule has 42 heavy (non-hydrogen) atoms. The molecule has 0 bridgehead atoms. The van der Waals surface area contributed by atoms with E-state index in [1.165, 1.54) is 18.4 Å². The summed E-state index contributed by atoms with van der Waals surface area (Å²) in [6.45, 7) is 4.99. The molecule has 0 radical (unpaired) electrons. The molecule has 1 aliphatic heterocycles. The molecule has 2 aliphatic rings. The summed E-state index contributed by atoms with van der Waals surface area (Å²) in [5, 5.41) is 4.46. The Morgan fingerprint density at radius 3 is 2.62 bits per heavy atom. The van der Waals surface area contributed by atoms with E-state index in [0.29, 0.717) is 42.0 Å². The third-order valence-corrected chi connectivity index (χ3v) is 8.71. The van der Waals surface area contributed by atoms with Gasteiger partial charge in [-0.2, -0.15) is 4.98 Å². The summed E-state index contributed by atoms with van der Waals surface area (Å²) in [5.74, 6) is 1.80. The summed E-state index contributed by atoms with van der Waals surface area (Å²) in [6.07, 6.45) is 4.77. The minimum absolute atomic E-state index is 0.00386. The number of nitrogens with one attached hydrogen (secondary N) is 1. The fraction of sp³-hybridized carbons (Fsp3) is 0.387. The summed E-state index contributed by atoms with van der Waals surface area (Å²) >= 11 is 6.47. The van der Waals surface area contributed by atoms with E-state index in [1.807, 2.05) is 30.3 Å². The number of ether oxygens (including phenoxy) is 1. The van der Waals surface area contributed by atoms with Gasteiger partial charge in [0.05, 0.1) is 19.3 Å². The van der Waals surface area contributed by atoms with Crippen LogP contribution in [0.4, 0.5) is 5.95 Å². The van der Waals surface area contributed by atoms with Crippen LogP contribution >= 0.6 is 11.6 Å². The van der Waals surface area contributed by atoms with Crippen molar-refractivity contribution in [2.24, 2.45) is 11.8 Å². The molecule has 0 unspecified atom stereocenters. The number of halogens is 1. The fourth-order valence-corrected chi connectivity index (χ4v) is 6.44. The molecule has 7 rings (SSSR count). The third kappa shape index (κ3) is 5.20. The van der Waals surface area contributed by atoms with Gasteiger partial charge in [-0.3, -0.25) is 9.51 Å². The fourth-order valence-electron chi connectivity index (χ4n) is 6.25. The summed E-state index contributed by atoms with van der Waals surface area (Å²) in [6, 6.07) is 18.0. The van der Waals surface area contributed by atoms with E-state index in [9.17, 15) is 4.79 Å². The second-order valence-corrected chi connectivity index (χ2v) is 11.8. The average Bonchev–Trinajstić information content (AvgIpc) is 3.62. The van der Waals surface area contributed by atoms with Gasteiger partial charge in [0.2, 0.25) is 17.6 Å². The van der Waals surface area contributed by atoms with Gasteiger partial charge < -0.3 is 14.2 Å². The van der Waals surface area contributed by atoms with Gasteiger partial charge >= 0.3 is 5.76 Å². The number of imidazole rings is 1. The SMILES string of the molecule is CC1CCC(Cn2c(N3CCOC[C@H]3c3ccccc3)nc3nc(-c4noc(=O)[nH]4)nc(-c4cccc(Cl)c4)c32)CC1. The molecule has 4 heterocycles.